The average Bonchev–Trinajstić information content (AvgIpc) is 2.96. The highest BCUT2D eigenvalue weighted by Crippen LogP contribution is 2.37. The predicted molar refractivity (Wildman–Crippen MR) is 93.4 cm³/mol. The summed E-state index contributed by atoms with van der Waals surface area (Å²) < 4.78 is 1.45. The highest BCUT2D eigenvalue weighted by molar-refractivity contribution is 7.20. The van der Waals surface area contributed by atoms with Crippen molar-refractivity contribution in [1.29, 1.82) is 0 Å². The van der Waals surface area contributed by atoms with Gasteiger partial charge in [-0.3, -0.25) is 9.97 Å². The van der Waals surface area contributed by atoms with Crippen molar-refractivity contribution in [3.05, 3.63) is 75.3 Å². The van der Waals surface area contributed by atoms with Crippen molar-refractivity contribution in [2.24, 2.45) is 0 Å². The number of nitrogens with one attached hydrogen (secondary N) is 1. The number of nitrogens with zero attached hydrogens (tertiary/aromatic N) is 3. The second kappa shape index (κ2) is 5.54. The van der Waals surface area contributed by atoms with Crippen molar-refractivity contribution in [2.75, 3.05) is 0 Å². The van der Waals surface area contributed by atoms with Gasteiger partial charge in [0, 0.05) is 18.0 Å². The van der Waals surface area contributed by atoms with Crippen molar-refractivity contribution in [1.82, 2.24) is 19.4 Å². The van der Waals surface area contributed by atoms with Crippen LogP contribution in [-0.4, -0.2) is 19.4 Å². The molecule has 0 atom stereocenters. The molecule has 3 heterocycles. The van der Waals surface area contributed by atoms with Crippen LogP contribution in [-0.2, 0) is 0 Å². The van der Waals surface area contributed by atoms with Crippen molar-refractivity contribution in [3.8, 4) is 21.7 Å². The van der Waals surface area contributed by atoms with Crippen molar-refractivity contribution in [3.63, 3.8) is 0 Å². The highest BCUT2D eigenvalue weighted by Gasteiger charge is 2.18. The van der Waals surface area contributed by atoms with E-state index in [1.807, 2.05) is 43.3 Å². The molecule has 0 saturated carbocycles. The van der Waals surface area contributed by atoms with E-state index in [0.717, 1.165) is 27.3 Å². The summed E-state index contributed by atoms with van der Waals surface area (Å²) in [6.45, 7) is 2.00. The summed E-state index contributed by atoms with van der Waals surface area (Å²) in [5.74, 6) is 0. The number of fused-ring (bicyclic) bond motifs is 1. The molecule has 4 rings (SSSR count). The summed E-state index contributed by atoms with van der Waals surface area (Å²) in [7, 11) is 0. The van der Waals surface area contributed by atoms with Crippen LogP contribution in [0.15, 0.2) is 58.4 Å². The third-order valence-electron chi connectivity index (χ3n) is 3.70. The fourth-order valence-electron chi connectivity index (χ4n) is 2.58. The lowest BCUT2D eigenvalue weighted by Gasteiger charge is -2.06. The number of aromatic nitrogens is 4. The number of benzene rings is 1. The Morgan fingerprint density at radius 2 is 1.71 bits per heavy atom. The Balaban J connectivity index is 2.14. The third kappa shape index (κ3) is 2.35. The molecule has 0 aliphatic rings. The molecule has 7 heteroatoms. The Labute approximate surface area is 140 Å². The van der Waals surface area contributed by atoms with E-state index in [1.165, 1.54) is 15.7 Å². The van der Waals surface area contributed by atoms with Gasteiger partial charge in [-0.15, -0.1) is 0 Å². The molecule has 0 bridgehead atoms. The molecule has 0 aliphatic carbocycles. The molecule has 0 aliphatic heterocycles. The van der Waals surface area contributed by atoms with Gasteiger partial charge in [0.2, 0.25) is 4.96 Å². The van der Waals surface area contributed by atoms with Gasteiger partial charge in [0.15, 0.2) is 0 Å². The van der Waals surface area contributed by atoms with Crippen LogP contribution in [0.4, 0.5) is 0 Å². The van der Waals surface area contributed by atoms with Crippen LogP contribution >= 0.6 is 11.3 Å². The molecular weight excluding hydrogens is 324 g/mol. The van der Waals surface area contributed by atoms with E-state index < -0.39 is 11.4 Å². The van der Waals surface area contributed by atoms with Gasteiger partial charge in [-0.05, 0) is 24.6 Å². The number of pyridine rings is 1. The third-order valence-corrected chi connectivity index (χ3v) is 4.79. The lowest BCUT2D eigenvalue weighted by Crippen LogP contribution is -2.27. The number of aryl methyl sites for hydroxylation is 1. The average molecular weight is 336 g/mol. The zero-order valence-electron chi connectivity index (χ0n) is 12.7. The molecule has 4 aromatic rings. The number of hydrogen-bond donors (Lipinski definition) is 1. The van der Waals surface area contributed by atoms with E-state index in [4.69, 9.17) is 0 Å². The smallest absolute Gasteiger partial charge is 0.265 e. The predicted octanol–water partition coefficient (Wildman–Crippen LogP) is 2.48. The largest absolute Gasteiger partial charge is 0.351 e. The van der Waals surface area contributed by atoms with Crippen LogP contribution in [0.25, 0.3) is 26.7 Å². The first kappa shape index (κ1) is 14.5. The number of aromatic amines is 1. The lowest BCUT2D eigenvalue weighted by atomic mass is 10.1. The molecule has 0 fully saturated rings. The van der Waals surface area contributed by atoms with Gasteiger partial charge in [0.05, 0.1) is 10.6 Å². The van der Waals surface area contributed by atoms with Crippen LogP contribution in [0.1, 0.15) is 5.56 Å². The summed E-state index contributed by atoms with van der Waals surface area (Å²) in [6, 6.07) is 11.6. The molecule has 0 spiro atoms. The quantitative estimate of drug-likeness (QED) is 0.610. The normalized spacial score (nSPS) is 11.0. The number of thiazole rings is 1. The van der Waals surface area contributed by atoms with E-state index in [-0.39, 0.29) is 0 Å². The van der Waals surface area contributed by atoms with Gasteiger partial charge in [-0.2, -0.15) is 4.98 Å². The standard InChI is InChI=1S/C17H12N4O2S/c1-10-2-4-11(5-3-10)13-14(12-6-8-18-9-7-12)24-17-20-15(22)19-16(23)21(13)17/h2-9H,1H3,(H,19,22,23). The molecular formula is C17H12N4O2S. The van der Waals surface area contributed by atoms with Crippen LogP contribution in [0.5, 0.6) is 0 Å². The van der Waals surface area contributed by atoms with Crippen LogP contribution in [0.3, 0.4) is 0 Å². The van der Waals surface area contributed by atoms with Gasteiger partial charge >= 0.3 is 11.4 Å². The second-order valence-electron chi connectivity index (χ2n) is 5.35. The summed E-state index contributed by atoms with van der Waals surface area (Å²) in [4.78, 5) is 35.4. The van der Waals surface area contributed by atoms with Gasteiger partial charge < -0.3 is 0 Å². The Morgan fingerprint density at radius 3 is 2.42 bits per heavy atom. The van der Waals surface area contributed by atoms with E-state index in [0.29, 0.717) is 4.96 Å². The summed E-state index contributed by atoms with van der Waals surface area (Å²) in [5.41, 5.74) is 2.52. The molecule has 118 valence electrons. The lowest BCUT2D eigenvalue weighted by molar-refractivity contribution is 0.926. The van der Waals surface area contributed by atoms with E-state index in [1.54, 1.807) is 12.4 Å². The second-order valence-corrected chi connectivity index (χ2v) is 6.32. The van der Waals surface area contributed by atoms with Gasteiger partial charge in [-0.25, -0.2) is 14.0 Å². The topological polar surface area (TPSA) is 80.1 Å². The first-order valence-corrected chi connectivity index (χ1v) is 8.08. The Bertz CT molecular complexity index is 1140. The number of H-pyrrole nitrogens is 1. The Morgan fingerprint density at radius 1 is 1.00 bits per heavy atom. The fourth-order valence-corrected chi connectivity index (χ4v) is 3.71. The molecule has 6 nitrogen and oxygen atoms in total. The van der Waals surface area contributed by atoms with Crippen LogP contribution in [0, 0.1) is 6.92 Å². The van der Waals surface area contributed by atoms with Gasteiger partial charge in [0.25, 0.3) is 0 Å². The Kier molecular flexibility index (Phi) is 3.35. The SMILES string of the molecule is Cc1ccc(-c2c(-c3ccncc3)sc3nc(=O)[nH]c(=O)n23)cc1. The zero-order chi connectivity index (χ0) is 16.7. The molecule has 24 heavy (non-hydrogen) atoms. The Hall–Kier alpha value is -3.06. The summed E-state index contributed by atoms with van der Waals surface area (Å²) in [6.07, 6.45) is 3.39. The molecule has 1 aromatic carbocycles. The maximum atomic E-state index is 12.4. The first-order valence-electron chi connectivity index (χ1n) is 7.27. The van der Waals surface area contributed by atoms with Crippen molar-refractivity contribution in [2.45, 2.75) is 6.92 Å². The molecule has 1 N–H and O–H groups in total. The van der Waals surface area contributed by atoms with Gasteiger partial charge in [0.1, 0.15) is 0 Å². The van der Waals surface area contributed by atoms with Crippen LogP contribution in [0.2, 0.25) is 0 Å². The zero-order valence-corrected chi connectivity index (χ0v) is 13.5. The van der Waals surface area contributed by atoms with Crippen molar-refractivity contribution >= 4 is 16.3 Å². The highest BCUT2D eigenvalue weighted by atomic mass is 32.1. The van der Waals surface area contributed by atoms with Gasteiger partial charge in [-0.1, -0.05) is 41.2 Å². The molecule has 0 saturated heterocycles. The summed E-state index contributed by atoms with van der Waals surface area (Å²) in [5, 5.41) is 0. The molecule has 0 amide bonds. The van der Waals surface area contributed by atoms with E-state index in [2.05, 4.69) is 15.0 Å². The summed E-state index contributed by atoms with van der Waals surface area (Å²) >= 11 is 1.31. The van der Waals surface area contributed by atoms with E-state index >= 15 is 0 Å². The number of rotatable bonds is 2. The fraction of sp³-hybridized carbons (Fsp3) is 0.0588. The maximum absolute atomic E-state index is 12.4. The minimum atomic E-state index is -0.641. The molecule has 3 aromatic heterocycles. The minimum Gasteiger partial charge on any atom is -0.265 e. The maximum Gasteiger partial charge on any atom is 0.351 e. The molecule has 0 unspecified atom stereocenters. The van der Waals surface area contributed by atoms with Crippen molar-refractivity contribution < 1.29 is 0 Å². The first-order chi connectivity index (χ1) is 11.6. The van der Waals surface area contributed by atoms with Crippen LogP contribution < -0.4 is 11.4 Å². The van der Waals surface area contributed by atoms with E-state index in [9.17, 15) is 9.59 Å². The minimum absolute atomic E-state index is 0.367. The molecule has 0 radical (unpaired) electrons. The monoisotopic (exact) mass is 336 g/mol. The number of hydrogen-bond acceptors (Lipinski definition) is 5.